The lowest BCUT2D eigenvalue weighted by molar-refractivity contribution is -0.135. The Morgan fingerprint density at radius 3 is 2.68 bits per heavy atom. The van der Waals surface area contributed by atoms with Gasteiger partial charge in [0.05, 0.1) is 25.0 Å². The molecule has 1 aliphatic rings. The number of hydrogen-bond donors (Lipinski definition) is 0. The van der Waals surface area contributed by atoms with Crippen LogP contribution < -0.4 is 0 Å². The zero-order chi connectivity index (χ0) is 15.8. The molecule has 22 heavy (non-hydrogen) atoms. The zero-order valence-electron chi connectivity index (χ0n) is 13.1. The summed E-state index contributed by atoms with van der Waals surface area (Å²) in [7, 11) is 0. The lowest BCUT2D eigenvalue weighted by Crippen LogP contribution is -2.42. The molecule has 1 aromatic rings. The van der Waals surface area contributed by atoms with Crippen molar-refractivity contribution in [2.75, 3.05) is 39.4 Å². The number of hydrogen-bond acceptors (Lipinski definition) is 4. The number of morpholine rings is 1. The van der Waals surface area contributed by atoms with Gasteiger partial charge in [0.1, 0.15) is 6.26 Å². The van der Waals surface area contributed by atoms with Crippen LogP contribution in [0.5, 0.6) is 0 Å². The molecule has 6 heteroatoms. The Bertz CT molecular complexity index is 467. The van der Waals surface area contributed by atoms with Crippen molar-refractivity contribution in [3.63, 3.8) is 0 Å². The van der Waals surface area contributed by atoms with Crippen molar-refractivity contribution in [3.05, 3.63) is 24.2 Å². The Kier molecular flexibility index (Phi) is 6.45. The Morgan fingerprint density at radius 1 is 1.27 bits per heavy atom. The maximum atomic E-state index is 12.4. The Balaban J connectivity index is 1.88. The number of ether oxygens (including phenoxy) is 1. The first-order valence-electron chi connectivity index (χ1n) is 7.89. The lowest BCUT2D eigenvalue weighted by Gasteiger charge is -2.28. The van der Waals surface area contributed by atoms with Gasteiger partial charge in [-0.3, -0.25) is 9.59 Å². The summed E-state index contributed by atoms with van der Waals surface area (Å²) in [5, 5.41) is 0. The van der Waals surface area contributed by atoms with E-state index in [1.54, 1.807) is 11.0 Å². The van der Waals surface area contributed by atoms with Crippen molar-refractivity contribution >= 4 is 11.8 Å². The fourth-order valence-electron chi connectivity index (χ4n) is 2.43. The molecule has 0 aromatic carbocycles. The number of furan rings is 1. The summed E-state index contributed by atoms with van der Waals surface area (Å²) >= 11 is 0. The third-order valence-corrected chi connectivity index (χ3v) is 3.80. The molecule has 1 fully saturated rings. The van der Waals surface area contributed by atoms with Gasteiger partial charge in [-0.1, -0.05) is 13.3 Å². The summed E-state index contributed by atoms with van der Waals surface area (Å²) < 4.78 is 10.2. The Labute approximate surface area is 131 Å². The molecule has 1 saturated heterocycles. The van der Waals surface area contributed by atoms with Crippen molar-refractivity contribution in [1.29, 1.82) is 0 Å². The van der Waals surface area contributed by atoms with Crippen LogP contribution >= 0.6 is 0 Å². The van der Waals surface area contributed by atoms with Crippen LogP contribution in [-0.2, 0) is 9.53 Å². The van der Waals surface area contributed by atoms with Crippen LogP contribution in [0.1, 0.15) is 36.5 Å². The first-order valence-corrected chi connectivity index (χ1v) is 7.89. The summed E-state index contributed by atoms with van der Waals surface area (Å²) in [5.74, 6) is 0.0155. The number of unbranched alkanes of at least 4 members (excludes halogenated alkanes) is 1. The molecule has 2 heterocycles. The van der Waals surface area contributed by atoms with Gasteiger partial charge in [-0.2, -0.15) is 0 Å². The highest BCUT2D eigenvalue weighted by Gasteiger charge is 2.20. The van der Waals surface area contributed by atoms with E-state index in [9.17, 15) is 9.59 Å². The fourth-order valence-corrected chi connectivity index (χ4v) is 2.43. The van der Waals surface area contributed by atoms with Crippen LogP contribution in [0.2, 0.25) is 0 Å². The number of amides is 2. The molecule has 0 unspecified atom stereocenters. The molecule has 0 atom stereocenters. The highest BCUT2D eigenvalue weighted by atomic mass is 16.5. The average molecular weight is 308 g/mol. The van der Waals surface area contributed by atoms with Gasteiger partial charge in [-0.25, -0.2) is 0 Å². The first-order chi connectivity index (χ1) is 10.7. The zero-order valence-corrected chi connectivity index (χ0v) is 13.1. The number of carbonyl (C=O) groups is 2. The minimum Gasteiger partial charge on any atom is -0.472 e. The second-order valence-electron chi connectivity index (χ2n) is 5.40. The van der Waals surface area contributed by atoms with Crippen molar-refractivity contribution < 1.29 is 18.7 Å². The molecule has 0 saturated carbocycles. The smallest absolute Gasteiger partial charge is 0.257 e. The molecule has 2 amide bonds. The van der Waals surface area contributed by atoms with Gasteiger partial charge in [-0.15, -0.1) is 0 Å². The van der Waals surface area contributed by atoms with E-state index in [1.807, 2.05) is 4.90 Å². The maximum Gasteiger partial charge on any atom is 0.257 e. The van der Waals surface area contributed by atoms with E-state index in [4.69, 9.17) is 9.15 Å². The molecule has 0 N–H and O–H groups in total. The minimum atomic E-state index is -0.0722. The second-order valence-corrected chi connectivity index (χ2v) is 5.40. The van der Waals surface area contributed by atoms with Gasteiger partial charge >= 0.3 is 0 Å². The van der Waals surface area contributed by atoms with Crippen molar-refractivity contribution in [1.82, 2.24) is 9.80 Å². The minimum absolute atomic E-state index is 0.0722. The topological polar surface area (TPSA) is 63.0 Å². The monoisotopic (exact) mass is 308 g/mol. The van der Waals surface area contributed by atoms with E-state index in [-0.39, 0.29) is 11.8 Å². The van der Waals surface area contributed by atoms with Crippen molar-refractivity contribution in [2.45, 2.75) is 26.2 Å². The third-order valence-electron chi connectivity index (χ3n) is 3.80. The summed E-state index contributed by atoms with van der Waals surface area (Å²) in [6, 6.07) is 1.66. The molecule has 2 rings (SSSR count). The van der Waals surface area contributed by atoms with Crippen molar-refractivity contribution in [3.8, 4) is 0 Å². The summed E-state index contributed by atoms with van der Waals surface area (Å²) in [6.07, 6.45) is 5.23. The molecule has 0 bridgehead atoms. The molecule has 0 radical (unpaired) electrons. The molecule has 1 aliphatic heterocycles. The van der Waals surface area contributed by atoms with E-state index >= 15 is 0 Å². The van der Waals surface area contributed by atoms with E-state index in [0.717, 1.165) is 12.8 Å². The van der Waals surface area contributed by atoms with Crippen LogP contribution in [0.25, 0.3) is 0 Å². The fraction of sp³-hybridized carbons (Fsp3) is 0.625. The summed E-state index contributed by atoms with van der Waals surface area (Å²) in [5.41, 5.74) is 0.537. The van der Waals surface area contributed by atoms with Crippen LogP contribution in [0.3, 0.4) is 0 Å². The highest BCUT2D eigenvalue weighted by molar-refractivity contribution is 5.94. The quantitative estimate of drug-likeness (QED) is 0.770. The van der Waals surface area contributed by atoms with Crippen LogP contribution in [0, 0.1) is 0 Å². The molecule has 0 spiro atoms. The SMILES string of the molecule is CCCCN(CCC(=O)N1CCOCC1)C(=O)c1ccoc1. The van der Waals surface area contributed by atoms with Gasteiger partial charge in [0.25, 0.3) is 5.91 Å². The van der Waals surface area contributed by atoms with Crippen LogP contribution in [-0.4, -0.2) is 61.0 Å². The van der Waals surface area contributed by atoms with Gasteiger partial charge < -0.3 is 19.0 Å². The Morgan fingerprint density at radius 2 is 2.05 bits per heavy atom. The molecule has 122 valence electrons. The number of rotatable bonds is 7. The molecule has 0 aliphatic carbocycles. The second kappa shape index (κ2) is 8.58. The number of carbonyl (C=O) groups excluding carboxylic acids is 2. The molecule has 6 nitrogen and oxygen atoms in total. The lowest BCUT2D eigenvalue weighted by atomic mass is 10.2. The van der Waals surface area contributed by atoms with Gasteiger partial charge in [0.15, 0.2) is 0 Å². The summed E-state index contributed by atoms with van der Waals surface area (Å²) in [4.78, 5) is 28.2. The molecular weight excluding hydrogens is 284 g/mol. The van der Waals surface area contributed by atoms with Gasteiger partial charge in [0, 0.05) is 32.6 Å². The molecular formula is C16H24N2O4. The predicted molar refractivity (Wildman–Crippen MR) is 81.5 cm³/mol. The van der Waals surface area contributed by atoms with Crippen LogP contribution in [0.4, 0.5) is 0 Å². The van der Waals surface area contributed by atoms with Gasteiger partial charge in [0.2, 0.25) is 5.91 Å². The Hall–Kier alpha value is -1.82. The normalized spacial score (nSPS) is 14.9. The van der Waals surface area contributed by atoms with Gasteiger partial charge in [-0.05, 0) is 12.5 Å². The van der Waals surface area contributed by atoms with Crippen molar-refractivity contribution in [2.24, 2.45) is 0 Å². The van der Waals surface area contributed by atoms with E-state index < -0.39 is 0 Å². The molecule has 1 aromatic heterocycles. The maximum absolute atomic E-state index is 12.4. The predicted octanol–water partition coefficient (Wildman–Crippen LogP) is 1.77. The third kappa shape index (κ3) is 4.59. The highest BCUT2D eigenvalue weighted by Crippen LogP contribution is 2.09. The van der Waals surface area contributed by atoms with E-state index in [0.29, 0.717) is 51.4 Å². The average Bonchev–Trinajstić information content (AvgIpc) is 3.09. The first kappa shape index (κ1) is 16.5. The largest absolute Gasteiger partial charge is 0.472 e. The van der Waals surface area contributed by atoms with Crippen LogP contribution in [0.15, 0.2) is 23.0 Å². The van der Waals surface area contributed by atoms with E-state index in [2.05, 4.69) is 6.92 Å². The number of nitrogens with zero attached hydrogens (tertiary/aromatic N) is 2. The standard InChI is InChI=1S/C16H24N2O4/c1-2-3-6-18(16(20)14-5-10-22-13-14)7-4-15(19)17-8-11-21-12-9-17/h5,10,13H,2-4,6-9,11-12H2,1H3. The van der Waals surface area contributed by atoms with E-state index in [1.165, 1.54) is 12.5 Å². The summed E-state index contributed by atoms with van der Waals surface area (Å²) in [6.45, 7) is 5.67.